The number of fused-ring (bicyclic) bond motifs is 1. The van der Waals surface area contributed by atoms with Crippen LogP contribution >= 0.6 is 11.8 Å². The fourth-order valence-corrected chi connectivity index (χ4v) is 3.35. The summed E-state index contributed by atoms with van der Waals surface area (Å²) in [5.74, 6) is 1.10. The third-order valence-electron chi connectivity index (χ3n) is 4.00. The number of likely N-dealkylation sites (N-methyl/N-ethyl adjacent to an activating group) is 1. The predicted molar refractivity (Wildman–Crippen MR) is 90.0 cm³/mol. The van der Waals surface area contributed by atoms with Crippen LogP contribution in [0.4, 0.5) is 0 Å². The maximum absolute atomic E-state index is 10.1. The number of hydrogen-bond donors (Lipinski definition) is 1. The Morgan fingerprint density at radius 2 is 2.24 bits per heavy atom. The Hall–Kier alpha value is -0.550. The number of benzene rings is 1. The molecule has 1 aliphatic rings. The predicted octanol–water partition coefficient (Wildman–Crippen LogP) is 2.74. The van der Waals surface area contributed by atoms with E-state index in [1.54, 1.807) is 0 Å². The normalized spacial score (nSPS) is 19.5. The highest BCUT2D eigenvalue weighted by Gasteiger charge is 2.21. The average molecular weight is 309 g/mol. The van der Waals surface area contributed by atoms with Gasteiger partial charge in [0.1, 0.15) is 0 Å². The van der Waals surface area contributed by atoms with Crippen molar-refractivity contribution in [2.24, 2.45) is 0 Å². The van der Waals surface area contributed by atoms with Gasteiger partial charge in [0.25, 0.3) is 0 Å². The Labute approximate surface area is 132 Å². The van der Waals surface area contributed by atoms with Crippen molar-refractivity contribution in [3.05, 3.63) is 35.4 Å². The molecule has 2 atom stereocenters. The third kappa shape index (κ3) is 5.29. The minimum absolute atomic E-state index is 0.154. The molecule has 0 radical (unpaired) electrons. The monoisotopic (exact) mass is 309 g/mol. The molecule has 1 N–H and O–H groups in total. The summed E-state index contributed by atoms with van der Waals surface area (Å²) in [4.78, 5) is 2.17. The van der Waals surface area contributed by atoms with E-state index in [9.17, 15) is 5.11 Å². The molecule has 0 saturated heterocycles. The Bertz CT molecular complexity index is 427. The first-order chi connectivity index (χ1) is 10.2. The number of aliphatic hydroxyl groups excluding tert-OH is 1. The molecule has 0 heterocycles. The van der Waals surface area contributed by atoms with Gasteiger partial charge in [0.15, 0.2) is 0 Å². The second-order valence-corrected chi connectivity index (χ2v) is 6.81. The minimum Gasteiger partial charge on any atom is -0.389 e. The van der Waals surface area contributed by atoms with Crippen molar-refractivity contribution >= 4 is 11.8 Å². The smallest absolute Gasteiger partial charge is 0.0900 e. The van der Waals surface area contributed by atoms with Gasteiger partial charge in [-0.05, 0) is 43.7 Å². The van der Waals surface area contributed by atoms with E-state index < -0.39 is 6.10 Å². The van der Waals surface area contributed by atoms with Crippen molar-refractivity contribution in [3.8, 4) is 0 Å². The summed E-state index contributed by atoms with van der Waals surface area (Å²) in [5, 5.41) is 10.1. The molecule has 21 heavy (non-hydrogen) atoms. The molecule has 1 aromatic carbocycles. The van der Waals surface area contributed by atoms with E-state index in [4.69, 9.17) is 4.74 Å². The number of ether oxygens (including phenoxy) is 1. The second kappa shape index (κ2) is 8.79. The molecule has 0 spiro atoms. The van der Waals surface area contributed by atoms with Crippen LogP contribution < -0.4 is 0 Å². The SMILES string of the molecule is CSCCN(C)CC(O)COC1CCCc2ccccc21. The molecule has 2 rings (SSSR count). The van der Waals surface area contributed by atoms with E-state index in [2.05, 4.69) is 42.5 Å². The van der Waals surface area contributed by atoms with E-state index >= 15 is 0 Å². The van der Waals surface area contributed by atoms with Gasteiger partial charge in [-0.3, -0.25) is 0 Å². The van der Waals surface area contributed by atoms with Crippen molar-refractivity contribution in [1.29, 1.82) is 0 Å². The van der Waals surface area contributed by atoms with Crippen LogP contribution in [0.25, 0.3) is 0 Å². The Morgan fingerprint density at radius 3 is 3.05 bits per heavy atom. The van der Waals surface area contributed by atoms with Crippen LogP contribution in [0.1, 0.15) is 30.1 Å². The zero-order valence-electron chi connectivity index (χ0n) is 13.1. The first kappa shape index (κ1) is 16.8. The lowest BCUT2D eigenvalue weighted by molar-refractivity contribution is -0.0255. The molecular weight excluding hydrogens is 282 g/mol. The van der Waals surface area contributed by atoms with Crippen molar-refractivity contribution in [2.75, 3.05) is 38.8 Å². The number of rotatable bonds is 8. The number of aliphatic hydroxyl groups is 1. The molecule has 0 saturated carbocycles. The average Bonchev–Trinajstić information content (AvgIpc) is 2.51. The lowest BCUT2D eigenvalue weighted by atomic mass is 9.89. The summed E-state index contributed by atoms with van der Waals surface area (Å²) in [5.41, 5.74) is 2.71. The van der Waals surface area contributed by atoms with E-state index in [0.717, 1.165) is 25.1 Å². The number of thioether (sulfide) groups is 1. The Morgan fingerprint density at radius 1 is 1.43 bits per heavy atom. The molecule has 3 nitrogen and oxygen atoms in total. The van der Waals surface area contributed by atoms with Gasteiger partial charge in [-0.25, -0.2) is 0 Å². The molecule has 1 aromatic rings. The summed E-state index contributed by atoms with van der Waals surface area (Å²) < 4.78 is 5.99. The second-order valence-electron chi connectivity index (χ2n) is 5.82. The van der Waals surface area contributed by atoms with Crippen LogP contribution in [-0.4, -0.2) is 54.9 Å². The van der Waals surface area contributed by atoms with Gasteiger partial charge in [-0.1, -0.05) is 24.3 Å². The van der Waals surface area contributed by atoms with Crippen LogP contribution in [0.3, 0.4) is 0 Å². The minimum atomic E-state index is -0.411. The zero-order chi connectivity index (χ0) is 15.1. The molecule has 0 aromatic heterocycles. The maximum Gasteiger partial charge on any atom is 0.0900 e. The van der Waals surface area contributed by atoms with Crippen LogP contribution in [0.2, 0.25) is 0 Å². The number of aryl methyl sites for hydroxylation is 1. The molecule has 0 fully saturated rings. The number of hydrogen-bond acceptors (Lipinski definition) is 4. The van der Waals surface area contributed by atoms with E-state index in [1.807, 2.05) is 11.8 Å². The molecule has 1 aliphatic carbocycles. The summed E-state index contributed by atoms with van der Waals surface area (Å²) >= 11 is 1.83. The highest BCUT2D eigenvalue weighted by molar-refractivity contribution is 7.98. The van der Waals surface area contributed by atoms with Crippen LogP contribution in [0, 0.1) is 0 Å². The van der Waals surface area contributed by atoms with Gasteiger partial charge in [0, 0.05) is 18.8 Å². The van der Waals surface area contributed by atoms with Crippen molar-refractivity contribution in [2.45, 2.75) is 31.5 Å². The summed E-state index contributed by atoms with van der Waals surface area (Å²) in [6.45, 7) is 2.10. The van der Waals surface area contributed by atoms with E-state index in [0.29, 0.717) is 13.2 Å². The van der Waals surface area contributed by atoms with Gasteiger partial charge >= 0.3 is 0 Å². The highest BCUT2D eigenvalue weighted by atomic mass is 32.2. The first-order valence-corrected chi connectivity index (χ1v) is 9.15. The largest absolute Gasteiger partial charge is 0.389 e. The van der Waals surface area contributed by atoms with Crippen molar-refractivity contribution in [3.63, 3.8) is 0 Å². The van der Waals surface area contributed by atoms with Crippen LogP contribution in [-0.2, 0) is 11.2 Å². The molecule has 4 heteroatoms. The van der Waals surface area contributed by atoms with Gasteiger partial charge in [0.05, 0.1) is 18.8 Å². The third-order valence-corrected chi connectivity index (χ3v) is 4.59. The molecule has 2 unspecified atom stereocenters. The van der Waals surface area contributed by atoms with Crippen molar-refractivity contribution in [1.82, 2.24) is 4.90 Å². The lowest BCUT2D eigenvalue weighted by Crippen LogP contribution is -2.34. The Balaban J connectivity index is 1.78. The van der Waals surface area contributed by atoms with Gasteiger partial charge < -0.3 is 14.7 Å². The summed E-state index contributed by atoms with van der Waals surface area (Å²) in [6, 6.07) is 8.53. The molecular formula is C17H27NO2S. The topological polar surface area (TPSA) is 32.7 Å². The van der Waals surface area contributed by atoms with Crippen LogP contribution in [0.15, 0.2) is 24.3 Å². The van der Waals surface area contributed by atoms with Crippen molar-refractivity contribution < 1.29 is 9.84 Å². The van der Waals surface area contributed by atoms with Crippen LogP contribution in [0.5, 0.6) is 0 Å². The summed E-state index contributed by atoms with van der Waals surface area (Å²) in [7, 11) is 2.05. The Kier molecular flexibility index (Phi) is 7.04. The summed E-state index contributed by atoms with van der Waals surface area (Å²) in [6.07, 6.45) is 5.23. The van der Waals surface area contributed by atoms with E-state index in [-0.39, 0.29) is 6.10 Å². The lowest BCUT2D eigenvalue weighted by Gasteiger charge is -2.27. The molecule has 0 bridgehead atoms. The van der Waals surface area contributed by atoms with Gasteiger partial charge in [-0.2, -0.15) is 11.8 Å². The van der Waals surface area contributed by atoms with Gasteiger partial charge in [0.2, 0.25) is 0 Å². The maximum atomic E-state index is 10.1. The number of nitrogens with zero attached hydrogens (tertiary/aromatic N) is 1. The van der Waals surface area contributed by atoms with Gasteiger partial charge in [-0.15, -0.1) is 0 Å². The standard InChI is InChI=1S/C17H27NO2S/c1-18(10-11-21-2)12-15(19)13-20-17-9-5-7-14-6-3-4-8-16(14)17/h3-4,6,8,15,17,19H,5,7,9-13H2,1-2H3. The molecule has 118 valence electrons. The first-order valence-electron chi connectivity index (χ1n) is 7.75. The zero-order valence-corrected chi connectivity index (χ0v) is 13.9. The molecule has 0 amide bonds. The quantitative estimate of drug-likeness (QED) is 0.800. The molecule has 0 aliphatic heterocycles. The fourth-order valence-electron chi connectivity index (χ4n) is 2.86. The highest BCUT2D eigenvalue weighted by Crippen LogP contribution is 2.32. The fraction of sp³-hybridized carbons (Fsp3) is 0.647. The van der Waals surface area contributed by atoms with E-state index in [1.165, 1.54) is 17.5 Å².